The van der Waals surface area contributed by atoms with Crippen LogP contribution >= 0.6 is 0 Å². The van der Waals surface area contributed by atoms with Gasteiger partial charge in [0.2, 0.25) is 6.79 Å². The summed E-state index contributed by atoms with van der Waals surface area (Å²) in [6.07, 6.45) is 5.53. The second-order valence-corrected chi connectivity index (χ2v) is 7.77. The highest BCUT2D eigenvalue weighted by molar-refractivity contribution is 5.89. The number of ether oxygens (including phenoxy) is 3. The number of hydrogen-bond donors (Lipinski definition) is 1. The molecule has 0 radical (unpaired) electrons. The predicted octanol–water partition coefficient (Wildman–Crippen LogP) is 3.60. The first-order valence-corrected chi connectivity index (χ1v) is 10.1. The molecule has 1 aliphatic carbocycles. The Bertz CT molecular complexity index is 1000. The van der Waals surface area contributed by atoms with E-state index in [1.165, 1.54) is 24.6 Å². The number of aryl methyl sites for hydroxylation is 1. The number of carbonyl (C=O) groups is 2. The maximum Gasteiger partial charge on any atom is 0.331 e. The van der Waals surface area contributed by atoms with Crippen LogP contribution in [0.1, 0.15) is 54.4 Å². The van der Waals surface area contributed by atoms with E-state index in [4.69, 9.17) is 14.2 Å². The Labute approximate surface area is 175 Å². The highest BCUT2D eigenvalue weighted by Crippen LogP contribution is 2.38. The van der Waals surface area contributed by atoms with Gasteiger partial charge in [-0.1, -0.05) is 6.07 Å². The first-order chi connectivity index (χ1) is 14.4. The van der Waals surface area contributed by atoms with Crippen molar-refractivity contribution < 1.29 is 23.8 Å². The van der Waals surface area contributed by atoms with E-state index in [1.54, 1.807) is 6.08 Å². The first kappa shape index (κ1) is 20.1. The molecule has 0 saturated heterocycles. The molecular formula is C23H26N2O5. The lowest BCUT2D eigenvalue weighted by molar-refractivity contribution is -0.144. The van der Waals surface area contributed by atoms with Crippen LogP contribution in [-0.4, -0.2) is 29.8 Å². The van der Waals surface area contributed by atoms with Crippen LogP contribution in [0.3, 0.4) is 0 Å². The molecule has 1 aliphatic heterocycles. The number of hydrogen-bond acceptors (Lipinski definition) is 5. The number of benzene rings is 1. The Morgan fingerprint density at radius 3 is 2.77 bits per heavy atom. The van der Waals surface area contributed by atoms with E-state index in [0.717, 1.165) is 16.8 Å². The topological polar surface area (TPSA) is 78.8 Å². The highest BCUT2D eigenvalue weighted by Gasteiger charge is 2.26. The number of amides is 1. The predicted molar refractivity (Wildman–Crippen MR) is 111 cm³/mol. The van der Waals surface area contributed by atoms with Crippen molar-refractivity contribution in [1.82, 2.24) is 9.88 Å². The fourth-order valence-corrected chi connectivity index (χ4v) is 3.76. The Kier molecular flexibility index (Phi) is 5.53. The van der Waals surface area contributed by atoms with Crippen molar-refractivity contribution in [2.45, 2.75) is 45.7 Å². The zero-order chi connectivity index (χ0) is 21.3. The third kappa shape index (κ3) is 4.35. The Balaban J connectivity index is 1.27. The number of fused-ring (bicyclic) bond motifs is 1. The van der Waals surface area contributed by atoms with Gasteiger partial charge in [-0.25, -0.2) is 4.79 Å². The van der Waals surface area contributed by atoms with Crippen molar-refractivity contribution in [3.63, 3.8) is 0 Å². The molecule has 0 bridgehead atoms. The molecular weight excluding hydrogens is 384 g/mol. The molecule has 0 spiro atoms. The molecule has 1 saturated carbocycles. The van der Waals surface area contributed by atoms with Gasteiger partial charge in [0.25, 0.3) is 5.91 Å². The average molecular weight is 410 g/mol. The monoisotopic (exact) mass is 410 g/mol. The fourth-order valence-electron chi connectivity index (χ4n) is 3.76. The number of nitrogens with one attached hydrogen (secondary N) is 1. The van der Waals surface area contributed by atoms with Gasteiger partial charge < -0.3 is 24.1 Å². The second kappa shape index (κ2) is 8.26. The van der Waals surface area contributed by atoms with Crippen molar-refractivity contribution in [2.24, 2.45) is 0 Å². The van der Waals surface area contributed by atoms with Crippen LogP contribution < -0.4 is 14.8 Å². The molecule has 1 amide bonds. The molecule has 2 heterocycles. The summed E-state index contributed by atoms with van der Waals surface area (Å²) in [6.45, 7) is 5.85. The van der Waals surface area contributed by atoms with Crippen molar-refractivity contribution in [3.8, 4) is 11.5 Å². The SMILES string of the molecule is Cc1cc(/C=C/C(=O)OCC(=O)N[C@H](C)c2ccc3c(c2)OCO3)c(C)n1C1CC1. The molecule has 1 N–H and O–H groups in total. The van der Waals surface area contributed by atoms with Crippen LogP contribution in [-0.2, 0) is 14.3 Å². The number of carbonyl (C=O) groups excluding carboxylic acids is 2. The van der Waals surface area contributed by atoms with Crippen molar-refractivity contribution in [3.05, 3.63) is 52.9 Å². The van der Waals surface area contributed by atoms with E-state index >= 15 is 0 Å². The molecule has 7 heteroatoms. The Morgan fingerprint density at radius 2 is 2.00 bits per heavy atom. The standard InChI is InChI=1S/C23H26N2O5/c1-14-10-18(16(3)25(14)19-6-7-19)5-9-23(27)28-12-22(26)24-15(2)17-4-8-20-21(11-17)30-13-29-20/h4-5,8-11,15,19H,6-7,12-13H2,1-3H3,(H,24,26)/b9-5+/t15-/m1/s1. The Hall–Kier alpha value is -3.22. The van der Waals surface area contributed by atoms with Crippen LogP contribution in [0, 0.1) is 13.8 Å². The van der Waals surface area contributed by atoms with E-state index in [-0.39, 0.29) is 25.3 Å². The average Bonchev–Trinajstić information content (AvgIpc) is 3.36. The molecule has 7 nitrogen and oxygen atoms in total. The number of nitrogens with zero attached hydrogens (tertiary/aromatic N) is 1. The molecule has 4 rings (SSSR count). The van der Waals surface area contributed by atoms with Crippen molar-refractivity contribution >= 4 is 18.0 Å². The first-order valence-electron chi connectivity index (χ1n) is 10.1. The van der Waals surface area contributed by atoms with E-state index in [2.05, 4.69) is 29.8 Å². The normalized spacial score (nSPS) is 16.0. The van der Waals surface area contributed by atoms with E-state index in [0.29, 0.717) is 17.5 Å². The largest absolute Gasteiger partial charge is 0.454 e. The number of aromatic nitrogens is 1. The van der Waals surface area contributed by atoms with Crippen molar-refractivity contribution in [2.75, 3.05) is 13.4 Å². The van der Waals surface area contributed by atoms with Gasteiger partial charge in [0.15, 0.2) is 18.1 Å². The number of rotatable bonds is 7. The minimum absolute atomic E-state index is 0.202. The van der Waals surface area contributed by atoms with Gasteiger partial charge in [0.1, 0.15) is 0 Å². The van der Waals surface area contributed by atoms with Gasteiger partial charge in [-0.15, -0.1) is 0 Å². The fraction of sp³-hybridized carbons (Fsp3) is 0.391. The van der Waals surface area contributed by atoms with Gasteiger partial charge in [0, 0.05) is 23.5 Å². The zero-order valence-electron chi connectivity index (χ0n) is 17.4. The maximum absolute atomic E-state index is 12.2. The van der Waals surface area contributed by atoms with Crippen LogP contribution in [0.25, 0.3) is 6.08 Å². The molecule has 30 heavy (non-hydrogen) atoms. The van der Waals surface area contributed by atoms with Gasteiger partial charge in [-0.05, 0) is 69.0 Å². The molecule has 2 aliphatic rings. The van der Waals surface area contributed by atoms with E-state index in [1.807, 2.05) is 25.1 Å². The Morgan fingerprint density at radius 1 is 1.23 bits per heavy atom. The maximum atomic E-state index is 12.2. The van der Waals surface area contributed by atoms with Crippen LogP contribution in [0.15, 0.2) is 30.3 Å². The molecule has 1 fully saturated rings. The van der Waals surface area contributed by atoms with Crippen LogP contribution in [0.5, 0.6) is 11.5 Å². The summed E-state index contributed by atoms with van der Waals surface area (Å²) in [5.41, 5.74) is 4.22. The molecule has 1 atom stereocenters. The summed E-state index contributed by atoms with van der Waals surface area (Å²) >= 11 is 0. The lowest BCUT2D eigenvalue weighted by Gasteiger charge is -2.14. The minimum atomic E-state index is -0.544. The molecule has 1 aromatic heterocycles. The smallest absolute Gasteiger partial charge is 0.331 e. The van der Waals surface area contributed by atoms with E-state index in [9.17, 15) is 9.59 Å². The highest BCUT2D eigenvalue weighted by atomic mass is 16.7. The third-order valence-corrected chi connectivity index (χ3v) is 5.45. The third-order valence-electron chi connectivity index (χ3n) is 5.45. The van der Waals surface area contributed by atoms with Crippen molar-refractivity contribution in [1.29, 1.82) is 0 Å². The van der Waals surface area contributed by atoms with Crippen LogP contribution in [0.2, 0.25) is 0 Å². The molecule has 2 aromatic rings. The van der Waals surface area contributed by atoms with E-state index < -0.39 is 5.97 Å². The second-order valence-electron chi connectivity index (χ2n) is 7.77. The lowest BCUT2D eigenvalue weighted by atomic mass is 10.1. The summed E-state index contributed by atoms with van der Waals surface area (Å²) in [6, 6.07) is 7.91. The van der Waals surface area contributed by atoms with Gasteiger partial charge >= 0.3 is 5.97 Å². The van der Waals surface area contributed by atoms with Crippen LogP contribution in [0.4, 0.5) is 0 Å². The molecule has 1 aromatic carbocycles. The van der Waals surface area contributed by atoms with Gasteiger partial charge in [-0.3, -0.25) is 4.79 Å². The summed E-state index contributed by atoms with van der Waals surface area (Å²) in [5.74, 6) is 0.438. The number of esters is 1. The molecule has 0 unspecified atom stereocenters. The minimum Gasteiger partial charge on any atom is -0.454 e. The van der Waals surface area contributed by atoms with Gasteiger partial charge in [0.05, 0.1) is 6.04 Å². The van der Waals surface area contributed by atoms with Gasteiger partial charge in [-0.2, -0.15) is 0 Å². The summed E-state index contributed by atoms with van der Waals surface area (Å²) in [7, 11) is 0. The lowest BCUT2D eigenvalue weighted by Crippen LogP contribution is -2.30. The zero-order valence-corrected chi connectivity index (χ0v) is 17.4. The summed E-state index contributed by atoms with van der Waals surface area (Å²) < 4.78 is 18.0. The quantitative estimate of drug-likeness (QED) is 0.557. The summed E-state index contributed by atoms with van der Waals surface area (Å²) in [4.78, 5) is 24.2. The summed E-state index contributed by atoms with van der Waals surface area (Å²) in [5, 5.41) is 2.82. The molecule has 158 valence electrons.